The summed E-state index contributed by atoms with van der Waals surface area (Å²) in [6, 6.07) is 12.1. The molecule has 2 aromatic carbocycles. The minimum absolute atomic E-state index is 0.185. The molecular weight excluding hydrogens is 241 g/mol. The Morgan fingerprint density at radius 3 is 2.53 bits per heavy atom. The summed E-state index contributed by atoms with van der Waals surface area (Å²) in [6.45, 7) is 4.01. The first kappa shape index (κ1) is 13.4. The highest BCUT2D eigenvalue weighted by molar-refractivity contribution is 5.51. The lowest BCUT2D eigenvalue weighted by molar-refractivity contribution is 0.475. The van der Waals surface area contributed by atoms with E-state index < -0.39 is 0 Å². The fraction of sp³-hybridized carbons (Fsp3) is 0.250. The van der Waals surface area contributed by atoms with Gasteiger partial charge in [0.25, 0.3) is 0 Å². The number of hydrogen-bond donors (Lipinski definition) is 2. The van der Waals surface area contributed by atoms with Crippen LogP contribution in [0.2, 0.25) is 0 Å². The maximum atomic E-state index is 13.2. The Balaban J connectivity index is 2.02. The van der Waals surface area contributed by atoms with Gasteiger partial charge in [-0.2, -0.15) is 0 Å². The van der Waals surface area contributed by atoms with Gasteiger partial charge < -0.3 is 10.4 Å². The fourth-order valence-electron chi connectivity index (χ4n) is 2.05. The number of phenolic OH excluding ortho intramolecular Hbond substituents is 1. The molecule has 0 aliphatic rings. The van der Waals surface area contributed by atoms with Gasteiger partial charge in [0.2, 0.25) is 0 Å². The summed E-state index contributed by atoms with van der Waals surface area (Å²) in [5.74, 6) is 0.0373. The van der Waals surface area contributed by atoms with E-state index >= 15 is 0 Å². The lowest BCUT2D eigenvalue weighted by atomic mass is 10.1. The molecule has 2 nitrogen and oxygen atoms in total. The van der Waals surface area contributed by atoms with E-state index in [0.29, 0.717) is 0 Å². The topological polar surface area (TPSA) is 32.3 Å². The van der Waals surface area contributed by atoms with Gasteiger partial charge in [-0.3, -0.25) is 0 Å². The van der Waals surface area contributed by atoms with Crippen LogP contribution in [0.15, 0.2) is 42.5 Å². The zero-order valence-electron chi connectivity index (χ0n) is 11.2. The van der Waals surface area contributed by atoms with Crippen molar-refractivity contribution in [2.75, 3.05) is 5.32 Å². The van der Waals surface area contributed by atoms with Crippen LogP contribution in [-0.4, -0.2) is 11.1 Å². The molecule has 0 saturated heterocycles. The zero-order chi connectivity index (χ0) is 13.8. The zero-order valence-corrected chi connectivity index (χ0v) is 11.2. The lowest BCUT2D eigenvalue weighted by Crippen LogP contribution is -2.18. The molecule has 3 heteroatoms. The monoisotopic (exact) mass is 259 g/mol. The summed E-state index contributed by atoms with van der Waals surface area (Å²) >= 11 is 0. The second kappa shape index (κ2) is 5.74. The van der Waals surface area contributed by atoms with Crippen molar-refractivity contribution in [1.82, 2.24) is 0 Å². The predicted octanol–water partition coefficient (Wildman–Crippen LogP) is 3.88. The molecule has 1 atom stereocenters. The quantitative estimate of drug-likeness (QED) is 0.873. The highest BCUT2D eigenvalue weighted by Gasteiger charge is 2.06. The van der Waals surface area contributed by atoms with Crippen LogP contribution < -0.4 is 5.32 Å². The highest BCUT2D eigenvalue weighted by atomic mass is 19.1. The Bertz CT molecular complexity index is 551. The largest absolute Gasteiger partial charge is 0.508 e. The van der Waals surface area contributed by atoms with E-state index in [1.807, 2.05) is 19.1 Å². The van der Waals surface area contributed by atoms with Gasteiger partial charge in [0.1, 0.15) is 11.6 Å². The van der Waals surface area contributed by atoms with Crippen molar-refractivity contribution in [3.8, 4) is 5.75 Å². The summed E-state index contributed by atoms with van der Waals surface area (Å²) in [6.07, 6.45) is 0.816. The molecule has 0 amide bonds. The number of hydrogen-bond acceptors (Lipinski definition) is 2. The third-order valence-electron chi connectivity index (χ3n) is 3.08. The number of phenols is 1. The summed E-state index contributed by atoms with van der Waals surface area (Å²) < 4.78 is 13.2. The number of anilines is 1. The van der Waals surface area contributed by atoms with Crippen LogP contribution in [0.3, 0.4) is 0 Å². The number of rotatable bonds is 4. The third kappa shape index (κ3) is 3.71. The Morgan fingerprint density at radius 2 is 1.84 bits per heavy atom. The molecule has 0 bridgehead atoms. The first-order valence-electron chi connectivity index (χ1n) is 6.35. The van der Waals surface area contributed by atoms with Crippen molar-refractivity contribution in [2.45, 2.75) is 26.3 Å². The molecule has 0 saturated carbocycles. The SMILES string of the molecule is Cc1ccc(F)cc1NC(C)Cc1ccc(O)cc1. The summed E-state index contributed by atoms with van der Waals surface area (Å²) in [5.41, 5.74) is 2.98. The molecule has 0 aliphatic carbocycles. The molecule has 0 heterocycles. The van der Waals surface area contributed by atoms with Crippen molar-refractivity contribution < 1.29 is 9.50 Å². The van der Waals surface area contributed by atoms with Crippen LogP contribution in [0.4, 0.5) is 10.1 Å². The van der Waals surface area contributed by atoms with E-state index in [4.69, 9.17) is 0 Å². The molecule has 0 radical (unpaired) electrons. The van der Waals surface area contributed by atoms with E-state index in [1.165, 1.54) is 12.1 Å². The minimum Gasteiger partial charge on any atom is -0.508 e. The molecule has 0 fully saturated rings. The molecule has 0 aromatic heterocycles. The maximum Gasteiger partial charge on any atom is 0.125 e. The average Bonchev–Trinajstić information content (AvgIpc) is 2.37. The molecule has 19 heavy (non-hydrogen) atoms. The fourth-order valence-corrected chi connectivity index (χ4v) is 2.05. The van der Waals surface area contributed by atoms with Crippen LogP contribution in [0, 0.1) is 12.7 Å². The molecular formula is C16H18FNO. The van der Waals surface area contributed by atoms with Crippen LogP contribution >= 0.6 is 0 Å². The Morgan fingerprint density at radius 1 is 1.16 bits per heavy atom. The molecule has 0 spiro atoms. The number of halogens is 1. The lowest BCUT2D eigenvalue weighted by Gasteiger charge is -2.17. The number of aryl methyl sites for hydroxylation is 1. The van der Waals surface area contributed by atoms with Crippen LogP contribution in [0.1, 0.15) is 18.1 Å². The van der Waals surface area contributed by atoms with Crippen molar-refractivity contribution in [1.29, 1.82) is 0 Å². The van der Waals surface area contributed by atoms with Crippen molar-refractivity contribution in [3.05, 3.63) is 59.4 Å². The van der Waals surface area contributed by atoms with Gasteiger partial charge >= 0.3 is 0 Å². The first-order chi connectivity index (χ1) is 9.04. The molecule has 2 aromatic rings. The van der Waals surface area contributed by atoms with E-state index in [0.717, 1.165) is 23.2 Å². The van der Waals surface area contributed by atoms with E-state index in [2.05, 4.69) is 12.2 Å². The second-order valence-electron chi connectivity index (χ2n) is 4.88. The number of nitrogens with one attached hydrogen (secondary N) is 1. The van der Waals surface area contributed by atoms with E-state index in [-0.39, 0.29) is 17.6 Å². The minimum atomic E-state index is -0.232. The maximum absolute atomic E-state index is 13.2. The van der Waals surface area contributed by atoms with Crippen LogP contribution in [0.25, 0.3) is 0 Å². The van der Waals surface area contributed by atoms with E-state index in [9.17, 15) is 9.50 Å². The van der Waals surface area contributed by atoms with Crippen LogP contribution in [-0.2, 0) is 6.42 Å². The van der Waals surface area contributed by atoms with Gasteiger partial charge in [-0.25, -0.2) is 4.39 Å². The number of aromatic hydroxyl groups is 1. The van der Waals surface area contributed by atoms with Crippen molar-refractivity contribution in [2.24, 2.45) is 0 Å². The Hall–Kier alpha value is -2.03. The van der Waals surface area contributed by atoms with Gasteiger partial charge in [0.15, 0.2) is 0 Å². The molecule has 2 N–H and O–H groups in total. The summed E-state index contributed by atoms with van der Waals surface area (Å²) in [4.78, 5) is 0. The molecule has 100 valence electrons. The van der Waals surface area contributed by atoms with Gasteiger partial charge in [0.05, 0.1) is 0 Å². The van der Waals surface area contributed by atoms with Gasteiger partial charge in [0, 0.05) is 11.7 Å². The normalized spacial score (nSPS) is 12.2. The summed E-state index contributed by atoms with van der Waals surface area (Å²) in [7, 11) is 0. The van der Waals surface area contributed by atoms with Gasteiger partial charge in [-0.1, -0.05) is 18.2 Å². The number of benzene rings is 2. The Kier molecular flexibility index (Phi) is 4.05. The van der Waals surface area contributed by atoms with Crippen molar-refractivity contribution >= 4 is 5.69 Å². The van der Waals surface area contributed by atoms with Gasteiger partial charge in [-0.05, 0) is 55.7 Å². The third-order valence-corrected chi connectivity index (χ3v) is 3.08. The highest BCUT2D eigenvalue weighted by Crippen LogP contribution is 2.18. The molecule has 2 rings (SSSR count). The second-order valence-corrected chi connectivity index (χ2v) is 4.88. The molecule has 0 aliphatic heterocycles. The average molecular weight is 259 g/mol. The first-order valence-corrected chi connectivity index (χ1v) is 6.35. The summed E-state index contributed by atoms with van der Waals surface area (Å²) in [5, 5.41) is 12.5. The predicted molar refractivity (Wildman–Crippen MR) is 76.0 cm³/mol. The van der Waals surface area contributed by atoms with Crippen LogP contribution in [0.5, 0.6) is 5.75 Å². The van der Waals surface area contributed by atoms with Gasteiger partial charge in [-0.15, -0.1) is 0 Å². The standard InChI is InChI=1S/C16H18FNO/c1-11-3-6-14(17)10-16(11)18-12(2)9-13-4-7-15(19)8-5-13/h3-8,10,12,18-19H,9H2,1-2H3. The van der Waals surface area contributed by atoms with E-state index in [1.54, 1.807) is 18.2 Å². The Labute approximate surface area is 112 Å². The molecule has 1 unspecified atom stereocenters. The van der Waals surface area contributed by atoms with Crippen molar-refractivity contribution in [3.63, 3.8) is 0 Å². The smallest absolute Gasteiger partial charge is 0.125 e.